The molecule has 0 bridgehead atoms. The number of nitrogens with zero attached hydrogens (tertiary/aromatic N) is 1. The van der Waals surface area contributed by atoms with Crippen molar-refractivity contribution < 1.29 is 4.79 Å². The van der Waals surface area contributed by atoms with Crippen LogP contribution in [0, 0.1) is 0 Å². The molecule has 3 nitrogen and oxygen atoms in total. The highest BCUT2D eigenvalue weighted by Crippen LogP contribution is 2.30. The molecule has 21 heavy (non-hydrogen) atoms. The molecule has 124 valence electrons. The van der Waals surface area contributed by atoms with Crippen LogP contribution in [0.15, 0.2) is 0 Å². The summed E-state index contributed by atoms with van der Waals surface area (Å²) in [4.78, 5) is 14.4. The molecular formula is C18H36N2O. The third-order valence-electron chi connectivity index (χ3n) is 4.87. The smallest absolute Gasteiger partial charge is 0.317 e. The Morgan fingerprint density at radius 3 is 2.19 bits per heavy atom. The van der Waals surface area contributed by atoms with Gasteiger partial charge in [-0.05, 0) is 26.2 Å². The fourth-order valence-electron chi connectivity index (χ4n) is 3.40. The molecule has 0 spiro atoms. The molecule has 1 unspecified atom stereocenters. The maximum absolute atomic E-state index is 12.2. The van der Waals surface area contributed by atoms with E-state index >= 15 is 0 Å². The molecule has 1 saturated heterocycles. The van der Waals surface area contributed by atoms with Gasteiger partial charge in [-0.25, -0.2) is 4.79 Å². The normalized spacial score (nSPS) is 18.4. The molecule has 1 aliphatic heterocycles. The zero-order valence-electron chi connectivity index (χ0n) is 14.5. The van der Waals surface area contributed by atoms with Gasteiger partial charge >= 0.3 is 6.03 Å². The third kappa shape index (κ3) is 6.27. The molecule has 0 aromatic heterocycles. The fraction of sp³-hybridized carbons (Fsp3) is 0.944. The van der Waals surface area contributed by atoms with Crippen LogP contribution in [0.3, 0.4) is 0 Å². The largest absolute Gasteiger partial charge is 0.338 e. The van der Waals surface area contributed by atoms with E-state index in [0.717, 1.165) is 32.4 Å². The second-order valence-corrected chi connectivity index (χ2v) is 6.86. The predicted molar refractivity (Wildman–Crippen MR) is 90.6 cm³/mol. The van der Waals surface area contributed by atoms with Crippen LogP contribution < -0.4 is 5.32 Å². The summed E-state index contributed by atoms with van der Waals surface area (Å²) in [5, 5.41) is 3.03. The summed E-state index contributed by atoms with van der Waals surface area (Å²) in [7, 11) is 0. The molecule has 0 aromatic rings. The first-order valence-corrected chi connectivity index (χ1v) is 9.19. The van der Waals surface area contributed by atoms with Gasteiger partial charge in [-0.2, -0.15) is 0 Å². The van der Waals surface area contributed by atoms with Gasteiger partial charge in [0.15, 0.2) is 0 Å². The maximum Gasteiger partial charge on any atom is 0.317 e. The summed E-state index contributed by atoms with van der Waals surface area (Å²) in [5.74, 6) is 0. The van der Waals surface area contributed by atoms with Crippen LogP contribution in [0.1, 0.15) is 91.4 Å². The van der Waals surface area contributed by atoms with Crippen molar-refractivity contribution in [2.75, 3.05) is 13.1 Å². The Bertz CT molecular complexity index is 293. The Morgan fingerprint density at radius 1 is 1.00 bits per heavy atom. The van der Waals surface area contributed by atoms with Crippen LogP contribution in [0.4, 0.5) is 4.79 Å². The first kappa shape index (κ1) is 18.3. The molecular weight excluding hydrogens is 260 g/mol. The summed E-state index contributed by atoms with van der Waals surface area (Å²) in [6.07, 6.45) is 13.7. The lowest BCUT2D eigenvalue weighted by Crippen LogP contribution is -2.57. The summed E-state index contributed by atoms with van der Waals surface area (Å²) in [5.41, 5.74) is 0.0614. The fourth-order valence-corrected chi connectivity index (χ4v) is 3.40. The Morgan fingerprint density at radius 2 is 1.57 bits per heavy atom. The van der Waals surface area contributed by atoms with Gasteiger partial charge in [-0.15, -0.1) is 0 Å². The summed E-state index contributed by atoms with van der Waals surface area (Å²) >= 11 is 0. The molecule has 2 amide bonds. The molecule has 0 radical (unpaired) electrons. The van der Waals surface area contributed by atoms with E-state index in [-0.39, 0.29) is 11.6 Å². The van der Waals surface area contributed by atoms with Gasteiger partial charge in [-0.1, -0.05) is 65.2 Å². The van der Waals surface area contributed by atoms with Crippen LogP contribution in [0.5, 0.6) is 0 Å². The summed E-state index contributed by atoms with van der Waals surface area (Å²) in [6.45, 7) is 8.59. The van der Waals surface area contributed by atoms with Gasteiger partial charge in [0.05, 0.1) is 0 Å². The second kappa shape index (κ2) is 10.1. The standard InChI is InChI=1S/C18H36N2O/c1-4-6-8-9-11-14-18(3,13-10-7-5-2)20-16-12-15-19-17(20)21/h4-16H2,1-3H3,(H,19,21). The highest BCUT2D eigenvalue weighted by Gasteiger charge is 2.35. The van der Waals surface area contributed by atoms with E-state index in [1.165, 1.54) is 51.4 Å². The molecule has 1 atom stereocenters. The zero-order valence-corrected chi connectivity index (χ0v) is 14.5. The monoisotopic (exact) mass is 296 g/mol. The van der Waals surface area contributed by atoms with Crippen molar-refractivity contribution in [1.29, 1.82) is 0 Å². The van der Waals surface area contributed by atoms with Gasteiger partial charge in [0.2, 0.25) is 0 Å². The SMILES string of the molecule is CCCCCCCC(C)(CCCCC)N1CCCNC1=O. The average molecular weight is 296 g/mol. The van der Waals surface area contributed by atoms with E-state index in [2.05, 4.69) is 31.0 Å². The number of unbranched alkanes of at least 4 members (excludes halogenated alkanes) is 6. The van der Waals surface area contributed by atoms with Crippen molar-refractivity contribution in [3.05, 3.63) is 0 Å². The maximum atomic E-state index is 12.2. The van der Waals surface area contributed by atoms with Gasteiger partial charge in [0, 0.05) is 18.6 Å². The second-order valence-electron chi connectivity index (χ2n) is 6.86. The van der Waals surface area contributed by atoms with Crippen LogP contribution in [-0.4, -0.2) is 29.6 Å². The first-order chi connectivity index (χ1) is 10.1. The Hall–Kier alpha value is -0.730. The van der Waals surface area contributed by atoms with E-state index in [0.29, 0.717) is 0 Å². The molecule has 1 rings (SSSR count). The highest BCUT2D eigenvalue weighted by molar-refractivity contribution is 5.75. The molecule has 0 aromatic carbocycles. The molecule has 3 heteroatoms. The van der Waals surface area contributed by atoms with Crippen molar-refractivity contribution in [2.24, 2.45) is 0 Å². The molecule has 1 fully saturated rings. The number of amides is 2. The predicted octanol–water partition coefficient (Wildman–Crippen LogP) is 5.10. The van der Waals surface area contributed by atoms with E-state index in [4.69, 9.17) is 0 Å². The molecule has 1 heterocycles. The lowest BCUT2D eigenvalue weighted by atomic mass is 9.86. The van der Waals surface area contributed by atoms with Crippen molar-refractivity contribution in [1.82, 2.24) is 10.2 Å². The van der Waals surface area contributed by atoms with Gasteiger partial charge in [0.25, 0.3) is 0 Å². The Labute approximate surface area is 131 Å². The number of urea groups is 1. The highest BCUT2D eigenvalue weighted by atomic mass is 16.2. The molecule has 0 saturated carbocycles. The lowest BCUT2D eigenvalue weighted by Gasteiger charge is -2.44. The van der Waals surface area contributed by atoms with Crippen LogP contribution >= 0.6 is 0 Å². The Balaban J connectivity index is 2.53. The minimum Gasteiger partial charge on any atom is -0.338 e. The van der Waals surface area contributed by atoms with Crippen LogP contribution in [-0.2, 0) is 0 Å². The quantitative estimate of drug-likeness (QED) is 0.528. The van der Waals surface area contributed by atoms with E-state index in [1.807, 2.05) is 0 Å². The number of carbonyl (C=O) groups excluding carboxylic acids is 1. The van der Waals surface area contributed by atoms with Crippen molar-refractivity contribution in [3.63, 3.8) is 0 Å². The van der Waals surface area contributed by atoms with Crippen LogP contribution in [0.2, 0.25) is 0 Å². The summed E-state index contributed by atoms with van der Waals surface area (Å²) in [6, 6.07) is 0.161. The number of hydrogen-bond donors (Lipinski definition) is 1. The van der Waals surface area contributed by atoms with E-state index < -0.39 is 0 Å². The summed E-state index contributed by atoms with van der Waals surface area (Å²) < 4.78 is 0. The van der Waals surface area contributed by atoms with Gasteiger partial charge in [0.1, 0.15) is 0 Å². The Kier molecular flexibility index (Phi) is 8.79. The zero-order chi connectivity index (χ0) is 15.6. The number of nitrogens with one attached hydrogen (secondary N) is 1. The molecule has 1 N–H and O–H groups in total. The van der Waals surface area contributed by atoms with Gasteiger partial charge in [-0.3, -0.25) is 0 Å². The minimum atomic E-state index is 0.0614. The number of rotatable bonds is 11. The van der Waals surface area contributed by atoms with Crippen molar-refractivity contribution in [2.45, 2.75) is 96.9 Å². The van der Waals surface area contributed by atoms with E-state index in [9.17, 15) is 4.79 Å². The lowest BCUT2D eigenvalue weighted by molar-refractivity contribution is 0.0926. The third-order valence-corrected chi connectivity index (χ3v) is 4.87. The van der Waals surface area contributed by atoms with Crippen LogP contribution in [0.25, 0.3) is 0 Å². The first-order valence-electron chi connectivity index (χ1n) is 9.19. The average Bonchev–Trinajstić information content (AvgIpc) is 2.48. The van der Waals surface area contributed by atoms with Gasteiger partial charge < -0.3 is 10.2 Å². The van der Waals surface area contributed by atoms with Crippen molar-refractivity contribution in [3.8, 4) is 0 Å². The topological polar surface area (TPSA) is 32.3 Å². The molecule has 0 aliphatic carbocycles. The minimum absolute atomic E-state index is 0.0614. The van der Waals surface area contributed by atoms with Crippen molar-refractivity contribution >= 4 is 6.03 Å². The molecule has 1 aliphatic rings. The number of carbonyl (C=O) groups is 1. The van der Waals surface area contributed by atoms with E-state index in [1.54, 1.807) is 0 Å². The number of hydrogen-bond acceptors (Lipinski definition) is 1.